The van der Waals surface area contributed by atoms with Gasteiger partial charge in [0.2, 0.25) is 5.91 Å². The molecule has 1 aromatic heterocycles. The summed E-state index contributed by atoms with van der Waals surface area (Å²) in [6.45, 7) is 6.16. The summed E-state index contributed by atoms with van der Waals surface area (Å²) >= 11 is 0. The van der Waals surface area contributed by atoms with Crippen molar-refractivity contribution < 1.29 is 4.79 Å². The molecule has 4 nitrogen and oxygen atoms in total. The van der Waals surface area contributed by atoms with Crippen LogP contribution in [-0.2, 0) is 4.79 Å². The Balaban J connectivity index is 1.97. The largest absolute Gasteiger partial charge is 0.370 e. The van der Waals surface area contributed by atoms with E-state index in [1.807, 2.05) is 32.2 Å². The fraction of sp³-hybridized carbons (Fsp3) is 0.571. The van der Waals surface area contributed by atoms with Gasteiger partial charge in [-0.15, -0.1) is 0 Å². The molecule has 1 N–H and O–H groups in total. The average Bonchev–Trinajstić information content (AvgIpc) is 2.92. The minimum atomic E-state index is 0.0325. The molecule has 1 saturated heterocycles. The van der Waals surface area contributed by atoms with Crippen LogP contribution in [0.25, 0.3) is 0 Å². The second-order valence-corrected chi connectivity index (χ2v) is 4.89. The third-order valence-corrected chi connectivity index (χ3v) is 3.53. The highest BCUT2D eigenvalue weighted by Crippen LogP contribution is 2.20. The van der Waals surface area contributed by atoms with Gasteiger partial charge < -0.3 is 10.2 Å². The van der Waals surface area contributed by atoms with Crippen molar-refractivity contribution in [3.05, 3.63) is 18.3 Å². The Morgan fingerprint density at radius 3 is 2.72 bits per heavy atom. The van der Waals surface area contributed by atoms with Crippen LogP contribution in [-0.4, -0.2) is 24.0 Å². The lowest BCUT2D eigenvalue weighted by atomic mass is 10.1. The zero-order valence-electron chi connectivity index (χ0n) is 11.1. The van der Waals surface area contributed by atoms with E-state index in [1.165, 1.54) is 12.8 Å². The molecule has 2 heterocycles. The van der Waals surface area contributed by atoms with Crippen molar-refractivity contribution >= 4 is 17.4 Å². The Labute approximate surface area is 108 Å². The smallest absolute Gasteiger partial charge is 0.228 e. The Hall–Kier alpha value is -1.58. The lowest BCUT2D eigenvalue weighted by Gasteiger charge is -2.17. The number of nitrogens with one attached hydrogen (secondary N) is 1. The molecule has 0 spiro atoms. The number of aromatic nitrogens is 1. The third kappa shape index (κ3) is 3.00. The van der Waals surface area contributed by atoms with E-state index in [2.05, 4.69) is 15.2 Å². The molecule has 4 heteroatoms. The first-order chi connectivity index (χ1) is 8.70. The van der Waals surface area contributed by atoms with Crippen molar-refractivity contribution in [1.29, 1.82) is 0 Å². The van der Waals surface area contributed by atoms with Crippen LogP contribution in [0.15, 0.2) is 18.3 Å². The van der Waals surface area contributed by atoms with Crippen LogP contribution in [0.1, 0.15) is 33.1 Å². The van der Waals surface area contributed by atoms with Crippen molar-refractivity contribution in [2.24, 2.45) is 5.92 Å². The van der Waals surface area contributed by atoms with E-state index in [-0.39, 0.29) is 11.8 Å². The Kier molecular flexibility index (Phi) is 4.18. The molecule has 1 aliphatic rings. The van der Waals surface area contributed by atoms with Crippen LogP contribution >= 0.6 is 0 Å². The van der Waals surface area contributed by atoms with Crippen molar-refractivity contribution in [2.45, 2.75) is 33.1 Å². The quantitative estimate of drug-likeness (QED) is 0.889. The molecule has 0 saturated carbocycles. The molecule has 0 aromatic carbocycles. The summed E-state index contributed by atoms with van der Waals surface area (Å²) in [6, 6.07) is 3.92. The van der Waals surface area contributed by atoms with E-state index in [0.29, 0.717) is 5.82 Å². The van der Waals surface area contributed by atoms with Crippen LogP contribution in [0.5, 0.6) is 0 Å². The van der Waals surface area contributed by atoms with E-state index in [9.17, 15) is 4.79 Å². The SMILES string of the molecule is CCC(C)C(=O)Nc1ccc(N2CCCC2)cn1. The van der Waals surface area contributed by atoms with Gasteiger partial charge in [0.15, 0.2) is 0 Å². The molecule has 0 bridgehead atoms. The molecule has 18 heavy (non-hydrogen) atoms. The number of hydrogen-bond acceptors (Lipinski definition) is 3. The highest BCUT2D eigenvalue weighted by atomic mass is 16.1. The lowest BCUT2D eigenvalue weighted by Crippen LogP contribution is -2.21. The zero-order valence-corrected chi connectivity index (χ0v) is 11.1. The van der Waals surface area contributed by atoms with Gasteiger partial charge in [-0.2, -0.15) is 0 Å². The summed E-state index contributed by atoms with van der Waals surface area (Å²) in [6.07, 6.45) is 5.20. The fourth-order valence-corrected chi connectivity index (χ4v) is 2.06. The number of anilines is 2. The number of carbonyl (C=O) groups excluding carboxylic acids is 1. The molecule has 1 aliphatic heterocycles. The van der Waals surface area contributed by atoms with Crippen LogP contribution in [0, 0.1) is 5.92 Å². The minimum Gasteiger partial charge on any atom is -0.370 e. The zero-order chi connectivity index (χ0) is 13.0. The summed E-state index contributed by atoms with van der Waals surface area (Å²) < 4.78 is 0. The number of rotatable bonds is 4. The van der Waals surface area contributed by atoms with Crippen LogP contribution in [0.4, 0.5) is 11.5 Å². The normalized spacial score (nSPS) is 16.7. The summed E-state index contributed by atoms with van der Waals surface area (Å²) in [5, 5.41) is 2.84. The lowest BCUT2D eigenvalue weighted by molar-refractivity contribution is -0.119. The maximum Gasteiger partial charge on any atom is 0.228 e. The summed E-state index contributed by atoms with van der Waals surface area (Å²) in [5.74, 6) is 0.715. The fourth-order valence-electron chi connectivity index (χ4n) is 2.06. The summed E-state index contributed by atoms with van der Waals surface area (Å²) in [4.78, 5) is 18.4. The topological polar surface area (TPSA) is 45.2 Å². The van der Waals surface area contributed by atoms with E-state index >= 15 is 0 Å². The molecule has 1 fully saturated rings. The van der Waals surface area contributed by atoms with Gasteiger partial charge in [-0.3, -0.25) is 4.79 Å². The molecule has 0 radical (unpaired) electrons. The van der Waals surface area contributed by atoms with Gasteiger partial charge in [0.1, 0.15) is 5.82 Å². The maximum absolute atomic E-state index is 11.7. The van der Waals surface area contributed by atoms with E-state index in [0.717, 1.165) is 25.2 Å². The van der Waals surface area contributed by atoms with E-state index in [4.69, 9.17) is 0 Å². The predicted molar refractivity (Wildman–Crippen MR) is 73.8 cm³/mol. The maximum atomic E-state index is 11.7. The molecular formula is C14H21N3O. The van der Waals surface area contributed by atoms with Gasteiger partial charge in [-0.1, -0.05) is 13.8 Å². The first-order valence-corrected chi connectivity index (χ1v) is 6.72. The van der Waals surface area contributed by atoms with Gasteiger partial charge in [-0.05, 0) is 31.4 Å². The molecule has 1 aromatic rings. The van der Waals surface area contributed by atoms with Gasteiger partial charge >= 0.3 is 0 Å². The number of nitrogens with zero attached hydrogens (tertiary/aromatic N) is 2. The van der Waals surface area contributed by atoms with Crippen LogP contribution in [0.3, 0.4) is 0 Å². The van der Waals surface area contributed by atoms with Crippen molar-refractivity contribution in [2.75, 3.05) is 23.3 Å². The van der Waals surface area contributed by atoms with Gasteiger partial charge in [0.25, 0.3) is 0 Å². The molecule has 1 amide bonds. The monoisotopic (exact) mass is 247 g/mol. The summed E-state index contributed by atoms with van der Waals surface area (Å²) in [7, 11) is 0. The molecule has 1 atom stereocenters. The standard InChI is InChI=1S/C14H21N3O/c1-3-11(2)14(18)16-13-7-6-12(10-15-13)17-8-4-5-9-17/h6-7,10-11H,3-5,8-9H2,1-2H3,(H,15,16,18). The summed E-state index contributed by atoms with van der Waals surface area (Å²) in [5.41, 5.74) is 1.15. The molecule has 0 aliphatic carbocycles. The number of amides is 1. The second-order valence-electron chi connectivity index (χ2n) is 4.89. The van der Waals surface area contributed by atoms with Crippen LogP contribution in [0.2, 0.25) is 0 Å². The van der Waals surface area contributed by atoms with Gasteiger partial charge in [-0.25, -0.2) is 4.98 Å². The number of pyridine rings is 1. The molecule has 1 unspecified atom stereocenters. The van der Waals surface area contributed by atoms with Crippen molar-refractivity contribution in [3.63, 3.8) is 0 Å². The third-order valence-electron chi connectivity index (χ3n) is 3.53. The van der Waals surface area contributed by atoms with E-state index < -0.39 is 0 Å². The second kappa shape index (κ2) is 5.85. The number of hydrogen-bond donors (Lipinski definition) is 1. The molecular weight excluding hydrogens is 226 g/mol. The Morgan fingerprint density at radius 2 is 2.17 bits per heavy atom. The predicted octanol–water partition coefficient (Wildman–Crippen LogP) is 2.67. The van der Waals surface area contributed by atoms with Crippen molar-refractivity contribution in [1.82, 2.24) is 4.98 Å². The van der Waals surface area contributed by atoms with Crippen LogP contribution < -0.4 is 10.2 Å². The first kappa shape index (κ1) is 12.9. The first-order valence-electron chi connectivity index (χ1n) is 6.72. The van der Waals surface area contributed by atoms with E-state index in [1.54, 1.807) is 0 Å². The number of carbonyl (C=O) groups is 1. The highest BCUT2D eigenvalue weighted by molar-refractivity contribution is 5.91. The highest BCUT2D eigenvalue weighted by Gasteiger charge is 2.14. The van der Waals surface area contributed by atoms with Gasteiger partial charge in [0, 0.05) is 19.0 Å². The van der Waals surface area contributed by atoms with Gasteiger partial charge in [0.05, 0.1) is 11.9 Å². The molecule has 2 rings (SSSR count). The van der Waals surface area contributed by atoms with Crippen molar-refractivity contribution in [3.8, 4) is 0 Å². The minimum absolute atomic E-state index is 0.0325. The average molecular weight is 247 g/mol. The Morgan fingerprint density at radius 1 is 1.44 bits per heavy atom. The Bertz CT molecular complexity index is 396. The molecule has 98 valence electrons.